The molecule has 2 aromatic carbocycles. The fourth-order valence-electron chi connectivity index (χ4n) is 3.24. The number of benzene rings is 2. The number of ether oxygens (including phenoxy) is 3. The zero-order chi connectivity index (χ0) is 26.9. The molecule has 0 unspecified atom stereocenters. The standard InChI is InChI=1S/C26H23Cl2N3O6/c1-4-36-26(33)22-23(28)21(37-25(22)31-18-7-5-6-17(27)11-18)10-16(13-29)24(32)30-14-15-8-9-19(34-2)12-20(15)35-3/h5-12,31H,4,14H2,1-3H3,(H,30,32)/b16-10+. The monoisotopic (exact) mass is 543 g/mol. The molecule has 37 heavy (non-hydrogen) atoms. The van der Waals surface area contributed by atoms with Gasteiger partial charge in [0.25, 0.3) is 5.91 Å². The molecule has 3 aromatic rings. The van der Waals surface area contributed by atoms with E-state index in [4.69, 9.17) is 41.8 Å². The molecule has 3 rings (SSSR count). The maximum absolute atomic E-state index is 12.8. The van der Waals surface area contributed by atoms with Crippen LogP contribution in [-0.2, 0) is 16.1 Å². The maximum Gasteiger partial charge on any atom is 0.345 e. The molecule has 1 heterocycles. The molecule has 192 valence electrons. The van der Waals surface area contributed by atoms with E-state index in [1.165, 1.54) is 14.2 Å². The number of halogens is 2. The zero-order valence-corrected chi connectivity index (χ0v) is 21.7. The molecule has 0 aliphatic rings. The summed E-state index contributed by atoms with van der Waals surface area (Å²) in [6, 6.07) is 13.7. The van der Waals surface area contributed by atoms with E-state index in [2.05, 4.69) is 10.6 Å². The molecule has 0 aliphatic carbocycles. The highest BCUT2D eigenvalue weighted by Gasteiger charge is 2.26. The van der Waals surface area contributed by atoms with Gasteiger partial charge in [0.05, 0.1) is 20.8 Å². The Hall–Kier alpha value is -4.13. The second-order valence-electron chi connectivity index (χ2n) is 7.37. The summed E-state index contributed by atoms with van der Waals surface area (Å²) in [4.78, 5) is 25.4. The number of nitrogens with one attached hydrogen (secondary N) is 2. The quantitative estimate of drug-likeness (QED) is 0.188. The number of carbonyl (C=O) groups excluding carboxylic acids is 2. The predicted molar refractivity (Wildman–Crippen MR) is 139 cm³/mol. The molecule has 0 atom stereocenters. The van der Waals surface area contributed by atoms with Gasteiger partial charge >= 0.3 is 5.97 Å². The van der Waals surface area contributed by atoms with E-state index in [-0.39, 0.29) is 41.0 Å². The van der Waals surface area contributed by atoms with Crippen LogP contribution < -0.4 is 20.1 Å². The van der Waals surface area contributed by atoms with Gasteiger partial charge in [-0.15, -0.1) is 0 Å². The predicted octanol–water partition coefficient (Wildman–Crippen LogP) is 5.75. The normalized spacial score (nSPS) is 10.9. The Morgan fingerprint density at radius 1 is 1.14 bits per heavy atom. The molecule has 1 aromatic heterocycles. The largest absolute Gasteiger partial charge is 0.497 e. The second kappa shape index (κ2) is 12.7. The molecule has 0 aliphatic heterocycles. The highest BCUT2D eigenvalue weighted by molar-refractivity contribution is 6.35. The lowest BCUT2D eigenvalue weighted by Crippen LogP contribution is -2.24. The number of methoxy groups -OCH3 is 2. The van der Waals surface area contributed by atoms with Gasteiger partial charge in [-0.25, -0.2) is 4.79 Å². The van der Waals surface area contributed by atoms with Gasteiger partial charge < -0.3 is 29.3 Å². The van der Waals surface area contributed by atoms with E-state index in [0.717, 1.165) is 6.08 Å². The van der Waals surface area contributed by atoms with Crippen molar-refractivity contribution >= 4 is 52.7 Å². The minimum Gasteiger partial charge on any atom is -0.497 e. The van der Waals surface area contributed by atoms with Crippen LogP contribution in [0.1, 0.15) is 28.6 Å². The van der Waals surface area contributed by atoms with Gasteiger partial charge in [0.1, 0.15) is 33.7 Å². The van der Waals surface area contributed by atoms with Crippen LogP contribution in [-0.4, -0.2) is 32.7 Å². The topological polar surface area (TPSA) is 123 Å². The highest BCUT2D eigenvalue weighted by atomic mass is 35.5. The maximum atomic E-state index is 12.8. The minimum atomic E-state index is -0.741. The minimum absolute atomic E-state index is 0.0300. The van der Waals surface area contributed by atoms with Crippen molar-refractivity contribution in [1.29, 1.82) is 5.26 Å². The fourth-order valence-corrected chi connectivity index (χ4v) is 3.69. The summed E-state index contributed by atoms with van der Waals surface area (Å²) < 4.78 is 21.3. The van der Waals surface area contributed by atoms with Gasteiger partial charge in [-0.2, -0.15) is 5.26 Å². The highest BCUT2D eigenvalue weighted by Crippen LogP contribution is 2.36. The van der Waals surface area contributed by atoms with Crippen LogP contribution in [0, 0.1) is 11.3 Å². The number of amides is 1. The van der Waals surface area contributed by atoms with E-state index in [1.807, 2.05) is 6.07 Å². The second-order valence-corrected chi connectivity index (χ2v) is 8.18. The third kappa shape index (κ3) is 6.76. The van der Waals surface area contributed by atoms with Crippen molar-refractivity contribution < 1.29 is 28.2 Å². The Morgan fingerprint density at radius 3 is 2.57 bits per heavy atom. The smallest absolute Gasteiger partial charge is 0.345 e. The third-order valence-electron chi connectivity index (χ3n) is 5.01. The van der Waals surface area contributed by atoms with Gasteiger partial charge in [0, 0.05) is 35.0 Å². The van der Waals surface area contributed by atoms with Crippen molar-refractivity contribution in [2.24, 2.45) is 0 Å². The molecule has 0 spiro atoms. The molecule has 0 bridgehead atoms. The van der Waals surface area contributed by atoms with Crippen molar-refractivity contribution in [2.45, 2.75) is 13.5 Å². The number of hydrogen-bond acceptors (Lipinski definition) is 8. The summed E-state index contributed by atoms with van der Waals surface area (Å²) in [7, 11) is 3.03. The molecule has 11 heteroatoms. The first-order chi connectivity index (χ1) is 17.8. The molecule has 0 saturated heterocycles. The van der Waals surface area contributed by atoms with Crippen LogP contribution in [0.5, 0.6) is 11.5 Å². The van der Waals surface area contributed by atoms with Crippen molar-refractivity contribution in [3.05, 3.63) is 75.0 Å². The molecule has 2 N–H and O–H groups in total. The Bertz CT molecular complexity index is 1380. The van der Waals surface area contributed by atoms with E-state index in [9.17, 15) is 14.9 Å². The molecule has 0 fully saturated rings. The lowest BCUT2D eigenvalue weighted by molar-refractivity contribution is -0.117. The Kier molecular flexibility index (Phi) is 9.44. The number of nitrogens with zero attached hydrogens (tertiary/aromatic N) is 1. The number of esters is 1. The summed E-state index contributed by atoms with van der Waals surface area (Å²) in [5.41, 5.74) is 0.802. The molecule has 0 radical (unpaired) electrons. The summed E-state index contributed by atoms with van der Waals surface area (Å²) >= 11 is 12.5. The van der Waals surface area contributed by atoms with Crippen LogP contribution >= 0.6 is 23.2 Å². The van der Waals surface area contributed by atoms with Crippen molar-refractivity contribution in [3.8, 4) is 17.6 Å². The molecule has 9 nitrogen and oxygen atoms in total. The van der Waals surface area contributed by atoms with Gasteiger partial charge in [-0.1, -0.05) is 29.3 Å². The SMILES string of the molecule is CCOC(=O)c1c(Nc2cccc(Cl)c2)oc(/C=C(\C#N)C(=O)NCc2ccc(OC)cc2OC)c1Cl. The summed E-state index contributed by atoms with van der Waals surface area (Å²) in [5, 5.41) is 15.5. The Balaban J connectivity index is 1.89. The number of furan rings is 1. The van der Waals surface area contributed by atoms with Gasteiger partial charge in [0.2, 0.25) is 5.88 Å². The molecular weight excluding hydrogens is 521 g/mol. The summed E-state index contributed by atoms with van der Waals surface area (Å²) in [6.07, 6.45) is 1.15. The van der Waals surface area contributed by atoms with Gasteiger partial charge in [0.15, 0.2) is 5.76 Å². The Labute approximate surface area is 223 Å². The van der Waals surface area contributed by atoms with E-state index in [1.54, 1.807) is 49.4 Å². The van der Waals surface area contributed by atoms with Crippen molar-refractivity contribution in [1.82, 2.24) is 5.32 Å². The van der Waals surface area contributed by atoms with Crippen LogP contribution in [0.3, 0.4) is 0 Å². The number of anilines is 2. The first kappa shape index (κ1) is 27.5. The number of nitriles is 1. The van der Waals surface area contributed by atoms with Crippen LogP contribution in [0.4, 0.5) is 11.6 Å². The lowest BCUT2D eigenvalue weighted by Gasteiger charge is -2.11. The first-order valence-corrected chi connectivity index (χ1v) is 11.7. The van der Waals surface area contributed by atoms with E-state index in [0.29, 0.717) is 27.8 Å². The Morgan fingerprint density at radius 2 is 1.92 bits per heavy atom. The van der Waals surface area contributed by atoms with E-state index < -0.39 is 11.9 Å². The molecular formula is C26H23Cl2N3O6. The van der Waals surface area contributed by atoms with E-state index >= 15 is 0 Å². The van der Waals surface area contributed by atoms with Gasteiger partial charge in [-0.05, 0) is 37.3 Å². The molecule has 0 saturated carbocycles. The third-order valence-corrected chi connectivity index (χ3v) is 5.62. The summed E-state index contributed by atoms with van der Waals surface area (Å²) in [5.74, 6) is -0.436. The van der Waals surface area contributed by atoms with Crippen LogP contribution in [0.15, 0.2) is 52.5 Å². The number of carbonyl (C=O) groups is 2. The van der Waals surface area contributed by atoms with Gasteiger partial charge in [-0.3, -0.25) is 4.79 Å². The first-order valence-electron chi connectivity index (χ1n) is 10.9. The van der Waals surface area contributed by atoms with Crippen molar-refractivity contribution in [3.63, 3.8) is 0 Å². The summed E-state index contributed by atoms with van der Waals surface area (Å²) in [6.45, 7) is 1.82. The number of rotatable bonds is 10. The lowest BCUT2D eigenvalue weighted by atomic mass is 10.1. The average molecular weight is 544 g/mol. The fraction of sp³-hybridized carbons (Fsp3) is 0.192. The van der Waals surface area contributed by atoms with Crippen LogP contribution in [0.2, 0.25) is 10.0 Å². The average Bonchev–Trinajstić information content (AvgIpc) is 3.19. The molecule has 1 amide bonds. The number of hydrogen-bond donors (Lipinski definition) is 2. The van der Waals surface area contributed by atoms with Crippen LogP contribution in [0.25, 0.3) is 6.08 Å². The van der Waals surface area contributed by atoms with Crippen molar-refractivity contribution in [2.75, 3.05) is 26.1 Å². The zero-order valence-electron chi connectivity index (χ0n) is 20.2.